The summed E-state index contributed by atoms with van der Waals surface area (Å²) in [6.45, 7) is 6.31. The molecule has 4 rings (SSSR count). The van der Waals surface area contributed by atoms with Gasteiger partial charge in [-0.15, -0.1) is 0 Å². The number of fused-ring (bicyclic) bond motifs is 1. The maximum atomic E-state index is 13.0. The van der Waals surface area contributed by atoms with Crippen molar-refractivity contribution in [2.45, 2.75) is 32.2 Å². The molecule has 0 radical (unpaired) electrons. The molecule has 0 saturated carbocycles. The number of nitrogens with zero attached hydrogens (tertiary/aromatic N) is 4. The van der Waals surface area contributed by atoms with Crippen LogP contribution in [0.3, 0.4) is 0 Å². The molecule has 0 spiro atoms. The molecule has 3 saturated heterocycles. The van der Waals surface area contributed by atoms with Gasteiger partial charge in [0.15, 0.2) is 0 Å². The van der Waals surface area contributed by atoms with Gasteiger partial charge in [-0.2, -0.15) is 5.10 Å². The summed E-state index contributed by atoms with van der Waals surface area (Å²) in [4.78, 5) is 28.7. The molecule has 28 heavy (non-hydrogen) atoms. The van der Waals surface area contributed by atoms with E-state index in [2.05, 4.69) is 10.00 Å². The van der Waals surface area contributed by atoms with Crippen LogP contribution < -0.4 is 0 Å². The molecule has 154 valence electrons. The SMILES string of the molecule is O=C(O)CC[C@]12CN(CCn3cccn3)C[C@H]1CN(C(=O)C1CCOCC1)C2. The van der Waals surface area contributed by atoms with Gasteiger partial charge in [-0.05, 0) is 31.2 Å². The predicted octanol–water partition coefficient (Wildman–Crippen LogP) is 0.935. The molecular weight excluding hydrogens is 360 g/mol. The second-order valence-electron chi connectivity index (χ2n) is 8.56. The van der Waals surface area contributed by atoms with Crippen molar-refractivity contribution in [1.82, 2.24) is 19.6 Å². The molecule has 4 heterocycles. The lowest BCUT2D eigenvalue weighted by molar-refractivity contribution is -0.138. The van der Waals surface area contributed by atoms with Crippen LogP contribution in [0.2, 0.25) is 0 Å². The van der Waals surface area contributed by atoms with E-state index in [1.54, 1.807) is 6.20 Å². The summed E-state index contributed by atoms with van der Waals surface area (Å²) >= 11 is 0. The number of rotatable bonds is 7. The molecule has 0 aromatic carbocycles. The highest BCUT2D eigenvalue weighted by Crippen LogP contribution is 2.46. The summed E-state index contributed by atoms with van der Waals surface area (Å²) in [6, 6.07) is 1.92. The molecule has 0 bridgehead atoms. The average Bonchev–Trinajstić information content (AvgIpc) is 3.39. The van der Waals surface area contributed by atoms with Crippen LogP contribution in [0.25, 0.3) is 0 Å². The van der Waals surface area contributed by atoms with E-state index in [1.165, 1.54) is 0 Å². The highest BCUT2D eigenvalue weighted by Gasteiger charge is 2.53. The van der Waals surface area contributed by atoms with E-state index in [0.717, 1.165) is 45.6 Å². The van der Waals surface area contributed by atoms with Gasteiger partial charge in [0.05, 0.1) is 6.54 Å². The van der Waals surface area contributed by atoms with Crippen LogP contribution >= 0.6 is 0 Å². The quantitative estimate of drug-likeness (QED) is 0.745. The van der Waals surface area contributed by atoms with Crippen molar-refractivity contribution in [2.24, 2.45) is 17.3 Å². The minimum atomic E-state index is -0.752. The van der Waals surface area contributed by atoms with Crippen LogP contribution in [0.1, 0.15) is 25.7 Å². The normalized spacial score (nSPS) is 28.6. The summed E-state index contributed by atoms with van der Waals surface area (Å²) in [5.41, 5.74) is -0.0939. The first-order valence-corrected chi connectivity index (χ1v) is 10.3. The number of carboxylic acids is 1. The van der Waals surface area contributed by atoms with Gasteiger partial charge >= 0.3 is 5.97 Å². The number of likely N-dealkylation sites (tertiary alicyclic amines) is 2. The van der Waals surface area contributed by atoms with Crippen molar-refractivity contribution in [3.63, 3.8) is 0 Å². The van der Waals surface area contributed by atoms with Crippen LogP contribution in [-0.4, -0.2) is 82.5 Å². The molecule has 8 nitrogen and oxygen atoms in total. The first kappa shape index (κ1) is 19.4. The molecule has 3 aliphatic heterocycles. The maximum absolute atomic E-state index is 13.0. The number of aromatic nitrogens is 2. The highest BCUT2D eigenvalue weighted by atomic mass is 16.5. The number of carboxylic acid groups (broad SMARTS) is 1. The molecule has 1 N–H and O–H groups in total. The molecular formula is C20H30N4O4. The molecule has 1 aromatic heterocycles. The summed E-state index contributed by atoms with van der Waals surface area (Å²) in [7, 11) is 0. The van der Waals surface area contributed by atoms with Crippen molar-refractivity contribution in [2.75, 3.05) is 45.9 Å². The van der Waals surface area contributed by atoms with E-state index in [1.807, 2.05) is 21.8 Å². The van der Waals surface area contributed by atoms with Crippen LogP contribution in [0.4, 0.5) is 0 Å². The standard InChI is InChI=1S/C20H30N4O4/c25-18(26)2-5-20-14-22(8-9-24-7-1-6-21-24)12-17(20)13-23(15-20)19(27)16-3-10-28-11-4-16/h1,6-7,16-17H,2-5,8-15H2,(H,25,26)/t17-,20+/m0/s1. The Morgan fingerprint density at radius 3 is 2.71 bits per heavy atom. The number of hydrogen-bond acceptors (Lipinski definition) is 5. The Hall–Kier alpha value is -1.93. The summed E-state index contributed by atoms with van der Waals surface area (Å²) in [6.07, 6.45) is 6.17. The fourth-order valence-corrected chi connectivity index (χ4v) is 5.22. The number of ether oxygens (including phenoxy) is 1. The van der Waals surface area contributed by atoms with Gasteiger partial charge in [-0.3, -0.25) is 14.3 Å². The van der Waals surface area contributed by atoms with Crippen molar-refractivity contribution in [3.8, 4) is 0 Å². The fourth-order valence-electron chi connectivity index (χ4n) is 5.22. The van der Waals surface area contributed by atoms with Gasteiger partial charge in [0.25, 0.3) is 0 Å². The summed E-state index contributed by atoms with van der Waals surface area (Å²) in [5, 5.41) is 13.5. The second-order valence-corrected chi connectivity index (χ2v) is 8.56. The third kappa shape index (κ3) is 4.07. The van der Waals surface area contributed by atoms with Gasteiger partial charge in [-0.1, -0.05) is 0 Å². The molecule has 0 aliphatic carbocycles. The Morgan fingerprint density at radius 1 is 1.18 bits per heavy atom. The zero-order chi connectivity index (χ0) is 19.6. The third-order valence-electron chi connectivity index (χ3n) is 6.75. The number of amides is 1. The van der Waals surface area contributed by atoms with Gasteiger partial charge in [0, 0.05) is 76.1 Å². The first-order valence-electron chi connectivity index (χ1n) is 10.3. The largest absolute Gasteiger partial charge is 0.481 e. The highest BCUT2D eigenvalue weighted by molar-refractivity contribution is 5.79. The lowest BCUT2D eigenvalue weighted by Gasteiger charge is -2.31. The smallest absolute Gasteiger partial charge is 0.303 e. The zero-order valence-corrected chi connectivity index (χ0v) is 16.3. The number of hydrogen-bond donors (Lipinski definition) is 1. The molecule has 3 aliphatic rings. The Labute approximate surface area is 165 Å². The van der Waals surface area contributed by atoms with Gasteiger partial charge in [0.1, 0.15) is 0 Å². The van der Waals surface area contributed by atoms with E-state index >= 15 is 0 Å². The minimum Gasteiger partial charge on any atom is -0.481 e. The molecule has 3 fully saturated rings. The van der Waals surface area contributed by atoms with Crippen molar-refractivity contribution < 1.29 is 19.4 Å². The van der Waals surface area contributed by atoms with Crippen molar-refractivity contribution in [3.05, 3.63) is 18.5 Å². The Kier molecular flexibility index (Phi) is 5.68. The minimum absolute atomic E-state index is 0.0695. The van der Waals surface area contributed by atoms with E-state index < -0.39 is 5.97 Å². The topological polar surface area (TPSA) is 87.9 Å². The van der Waals surface area contributed by atoms with E-state index in [-0.39, 0.29) is 23.7 Å². The average molecular weight is 390 g/mol. The maximum Gasteiger partial charge on any atom is 0.303 e. The first-order chi connectivity index (χ1) is 13.6. The van der Waals surface area contributed by atoms with Crippen LogP contribution in [-0.2, 0) is 20.9 Å². The van der Waals surface area contributed by atoms with Gasteiger partial charge in [-0.25, -0.2) is 0 Å². The van der Waals surface area contributed by atoms with Gasteiger partial charge in [0.2, 0.25) is 5.91 Å². The molecule has 1 amide bonds. The number of aliphatic carboxylic acids is 1. The lowest BCUT2D eigenvalue weighted by atomic mass is 9.77. The molecule has 2 atom stereocenters. The molecule has 0 unspecified atom stereocenters. The van der Waals surface area contributed by atoms with Crippen molar-refractivity contribution in [1.29, 1.82) is 0 Å². The Morgan fingerprint density at radius 2 is 2.00 bits per heavy atom. The fraction of sp³-hybridized carbons (Fsp3) is 0.750. The third-order valence-corrected chi connectivity index (χ3v) is 6.75. The van der Waals surface area contributed by atoms with Gasteiger partial charge < -0.3 is 19.6 Å². The predicted molar refractivity (Wildman–Crippen MR) is 102 cm³/mol. The van der Waals surface area contributed by atoms with E-state index in [9.17, 15) is 14.7 Å². The number of carbonyl (C=O) groups excluding carboxylic acids is 1. The summed E-state index contributed by atoms with van der Waals surface area (Å²) < 4.78 is 7.32. The zero-order valence-electron chi connectivity index (χ0n) is 16.3. The van der Waals surface area contributed by atoms with Crippen LogP contribution in [0.5, 0.6) is 0 Å². The monoisotopic (exact) mass is 390 g/mol. The van der Waals surface area contributed by atoms with Crippen LogP contribution in [0, 0.1) is 17.3 Å². The molecule has 1 aromatic rings. The molecule has 8 heteroatoms. The van der Waals surface area contributed by atoms with E-state index in [4.69, 9.17) is 4.74 Å². The Balaban J connectivity index is 1.40. The number of carbonyl (C=O) groups is 2. The van der Waals surface area contributed by atoms with Crippen molar-refractivity contribution >= 4 is 11.9 Å². The Bertz CT molecular complexity index is 688. The second kappa shape index (κ2) is 8.21. The van der Waals surface area contributed by atoms with E-state index in [0.29, 0.717) is 32.1 Å². The van der Waals surface area contributed by atoms with Crippen LogP contribution in [0.15, 0.2) is 18.5 Å². The summed E-state index contributed by atoms with van der Waals surface area (Å²) in [5.74, 6) is -0.0823. The lowest BCUT2D eigenvalue weighted by Crippen LogP contribution is -2.41.